The average Bonchev–Trinajstić information content (AvgIpc) is 3.14. The lowest BCUT2D eigenvalue weighted by Crippen LogP contribution is -2.22. The normalized spacial score (nSPS) is 11.4. The molecule has 4 aromatic rings. The van der Waals surface area contributed by atoms with Crippen molar-refractivity contribution in [1.29, 1.82) is 0 Å². The molecule has 0 bridgehead atoms. The first-order valence-corrected chi connectivity index (χ1v) is 9.23. The Balaban J connectivity index is 1.93. The van der Waals surface area contributed by atoms with Crippen molar-refractivity contribution >= 4 is 28.2 Å². The standard InChI is InChI=1S/C20H21N7O2/c1-13-7-8-17-16(11-13)19-24-23-18(14-5-4-6-15(12-14)27(28)29)26(19)20(22-17)21-9-10-25(2)3/h4-8,11-12H,9-10H2,1-3H3,(H,21,22). The molecule has 0 amide bonds. The summed E-state index contributed by atoms with van der Waals surface area (Å²) >= 11 is 0. The third kappa shape index (κ3) is 3.59. The summed E-state index contributed by atoms with van der Waals surface area (Å²) in [6.07, 6.45) is 0. The van der Waals surface area contributed by atoms with E-state index in [0.29, 0.717) is 29.5 Å². The molecule has 0 spiro atoms. The van der Waals surface area contributed by atoms with Gasteiger partial charge in [0.15, 0.2) is 11.5 Å². The lowest BCUT2D eigenvalue weighted by atomic mass is 10.1. The zero-order chi connectivity index (χ0) is 20.5. The summed E-state index contributed by atoms with van der Waals surface area (Å²) < 4.78 is 1.83. The molecule has 0 aliphatic carbocycles. The number of anilines is 1. The number of aromatic nitrogens is 4. The molecule has 29 heavy (non-hydrogen) atoms. The molecule has 0 saturated carbocycles. The zero-order valence-corrected chi connectivity index (χ0v) is 16.5. The summed E-state index contributed by atoms with van der Waals surface area (Å²) in [5.41, 5.74) is 3.18. The predicted octanol–water partition coefficient (Wildman–Crippen LogP) is 3.13. The van der Waals surface area contributed by atoms with Crippen LogP contribution in [-0.4, -0.2) is 56.6 Å². The van der Waals surface area contributed by atoms with Crippen LogP contribution in [0.15, 0.2) is 42.5 Å². The Labute approximate surface area is 167 Å². The smallest absolute Gasteiger partial charge is 0.270 e. The number of hydrogen-bond acceptors (Lipinski definition) is 7. The maximum Gasteiger partial charge on any atom is 0.270 e. The summed E-state index contributed by atoms with van der Waals surface area (Å²) in [6, 6.07) is 12.4. The van der Waals surface area contributed by atoms with Crippen LogP contribution in [0.1, 0.15) is 5.56 Å². The monoisotopic (exact) mass is 391 g/mol. The Morgan fingerprint density at radius 3 is 2.76 bits per heavy atom. The molecule has 2 aromatic carbocycles. The fourth-order valence-corrected chi connectivity index (χ4v) is 3.21. The van der Waals surface area contributed by atoms with Gasteiger partial charge in [-0.05, 0) is 33.2 Å². The van der Waals surface area contributed by atoms with Gasteiger partial charge in [-0.1, -0.05) is 23.8 Å². The summed E-state index contributed by atoms with van der Waals surface area (Å²) in [7, 11) is 4.00. The van der Waals surface area contributed by atoms with E-state index in [1.165, 1.54) is 12.1 Å². The van der Waals surface area contributed by atoms with E-state index in [2.05, 4.69) is 20.4 Å². The van der Waals surface area contributed by atoms with Gasteiger partial charge < -0.3 is 10.2 Å². The van der Waals surface area contributed by atoms with Gasteiger partial charge in [-0.15, -0.1) is 10.2 Å². The highest BCUT2D eigenvalue weighted by Crippen LogP contribution is 2.28. The van der Waals surface area contributed by atoms with Crippen molar-refractivity contribution in [2.75, 3.05) is 32.5 Å². The van der Waals surface area contributed by atoms with Crippen molar-refractivity contribution in [3.8, 4) is 11.4 Å². The topological polar surface area (TPSA) is 101 Å². The molecule has 2 aromatic heterocycles. The largest absolute Gasteiger partial charge is 0.354 e. The summed E-state index contributed by atoms with van der Waals surface area (Å²) in [6.45, 7) is 3.51. The van der Waals surface area contributed by atoms with Crippen molar-refractivity contribution in [1.82, 2.24) is 24.5 Å². The van der Waals surface area contributed by atoms with Gasteiger partial charge in [0.25, 0.3) is 5.69 Å². The van der Waals surface area contributed by atoms with E-state index in [4.69, 9.17) is 4.98 Å². The molecular formula is C20H21N7O2. The van der Waals surface area contributed by atoms with Gasteiger partial charge in [0, 0.05) is 36.2 Å². The molecule has 9 nitrogen and oxygen atoms in total. The first-order chi connectivity index (χ1) is 13.9. The third-order valence-electron chi connectivity index (χ3n) is 4.65. The number of benzene rings is 2. The van der Waals surface area contributed by atoms with E-state index in [0.717, 1.165) is 23.0 Å². The second kappa shape index (κ2) is 7.44. The maximum atomic E-state index is 11.2. The van der Waals surface area contributed by atoms with Crippen LogP contribution >= 0.6 is 0 Å². The Hall–Kier alpha value is -3.59. The van der Waals surface area contributed by atoms with Gasteiger partial charge >= 0.3 is 0 Å². The van der Waals surface area contributed by atoms with Crippen LogP contribution in [0.2, 0.25) is 0 Å². The summed E-state index contributed by atoms with van der Waals surface area (Å²) in [5.74, 6) is 1.11. The van der Waals surface area contributed by atoms with Gasteiger partial charge in [-0.3, -0.25) is 10.1 Å². The van der Waals surface area contributed by atoms with Crippen LogP contribution in [0.3, 0.4) is 0 Å². The van der Waals surface area contributed by atoms with E-state index in [9.17, 15) is 10.1 Å². The van der Waals surface area contributed by atoms with Gasteiger partial charge in [0.2, 0.25) is 5.95 Å². The number of nitrogens with one attached hydrogen (secondary N) is 1. The minimum atomic E-state index is -0.417. The molecule has 4 rings (SSSR count). The molecule has 0 aliphatic rings. The Morgan fingerprint density at radius 1 is 1.17 bits per heavy atom. The molecule has 1 N–H and O–H groups in total. The molecule has 0 fully saturated rings. The van der Waals surface area contributed by atoms with E-state index in [1.807, 2.05) is 43.6 Å². The van der Waals surface area contributed by atoms with Gasteiger partial charge in [-0.25, -0.2) is 9.38 Å². The van der Waals surface area contributed by atoms with Crippen molar-refractivity contribution in [3.05, 3.63) is 58.1 Å². The molecule has 0 aliphatic heterocycles. The van der Waals surface area contributed by atoms with Crippen molar-refractivity contribution in [3.63, 3.8) is 0 Å². The van der Waals surface area contributed by atoms with Crippen LogP contribution in [0.5, 0.6) is 0 Å². The average molecular weight is 391 g/mol. The van der Waals surface area contributed by atoms with E-state index in [-0.39, 0.29) is 5.69 Å². The molecule has 0 unspecified atom stereocenters. The molecule has 2 heterocycles. The van der Waals surface area contributed by atoms with Crippen LogP contribution in [0, 0.1) is 17.0 Å². The SMILES string of the molecule is Cc1ccc2nc(NCCN(C)C)n3c(-c4cccc([N+](=O)[O-])c4)nnc3c2c1. The van der Waals surface area contributed by atoms with Crippen LogP contribution in [0.4, 0.5) is 11.6 Å². The minimum absolute atomic E-state index is 0.00552. The number of likely N-dealkylation sites (N-methyl/N-ethyl adjacent to an activating group) is 1. The summed E-state index contributed by atoms with van der Waals surface area (Å²) in [5, 5.41) is 24.2. The second-order valence-electron chi connectivity index (χ2n) is 7.18. The number of nitrogens with zero attached hydrogens (tertiary/aromatic N) is 6. The van der Waals surface area contributed by atoms with Crippen LogP contribution < -0.4 is 5.32 Å². The van der Waals surface area contributed by atoms with E-state index < -0.39 is 4.92 Å². The number of fused-ring (bicyclic) bond motifs is 3. The highest BCUT2D eigenvalue weighted by atomic mass is 16.6. The first-order valence-electron chi connectivity index (χ1n) is 9.23. The van der Waals surface area contributed by atoms with Gasteiger partial charge in [-0.2, -0.15) is 0 Å². The number of nitro benzene ring substituents is 1. The van der Waals surface area contributed by atoms with Gasteiger partial charge in [0.1, 0.15) is 0 Å². The first kappa shape index (κ1) is 18.8. The second-order valence-corrected chi connectivity index (χ2v) is 7.18. The van der Waals surface area contributed by atoms with Crippen molar-refractivity contribution in [2.24, 2.45) is 0 Å². The molecule has 9 heteroatoms. The zero-order valence-electron chi connectivity index (χ0n) is 16.5. The number of hydrogen-bond donors (Lipinski definition) is 1. The fraction of sp³-hybridized carbons (Fsp3) is 0.250. The molecule has 0 atom stereocenters. The molecule has 0 saturated heterocycles. The fourth-order valence-electron chi connectivity index (χ4n) is 3.21. The third-order valence-corrected chi connectivity index (χ3v) is 4.65. The lowest BCUT2D eigenvalue weighted by molar-refractivity contribution is -0.384. The molecule has 0 radical (unpaired) electrons. The minimum Gasteiger partial charge on any atom is -0.354 e. The van der Waals surface area contributed by atoms with Crippen molar-refractivity contribution < 1.29 is 4.92 Å². The highest BCUT2D eigenvalue weighted by Gasteiger charge is 2.18. The Bertz CT molecular complexity index is 1220. The maximum absolute atomic E-state index is 11.2. The van der Waals surface area contributed by atoms with Crippen LogP contribution in [-0.2, 0) is 0 Å². The predicted molar refractivity (Wildman–Crippen MR) is 112 cm³/mol. The Morgan fingerprint density at radius 2 is 2.00 bits per heavy atom. The van der Waals surface area contributed by atoms with Crippen LogP contribution in [0.25, 0.3) is 27.9 Å². The Kier molecular flexibility index (Phi) is 4.81. The van der Waals surface area contributed by atoms with Gasteiger partial charge in [0.05, 0.1) is 10.4 Å². The van der Waals surface area contributed by atoms with E-state index in [1.54, 1.807) is 12.1 Å². The molecular weight excluding hydrogens is 370 g/mol. The quantitative estimate of drug-likeness (QED) is 0.398. The number of rotatable bonds is 6. The number of nitro groups is 1. The number of non-ortho nitro benzene ring substituents is 1. The van der Waals surface area contributed by atoms with E-state index >= 15 is 0 Å². The molecule has 148 valence electrons. The number of aryl methyl sites for hydroxylation is 1. The highest BCUT2D eigenvalue weighted by molar-refractivity contribution is 5.93. The lowest BCUT2D eigenvalue weighted by Gasteiger charge is -2.14. The van der Waals surface area contributed by atoms with Crippen molar-refractivity contribution in [2.45, 2.75) is 6.92 Å². The summed E-state index contributed by atoms with van der Waals surface area (Å²) in [4.78, 5) is 17.6.